The largest absolute Gasteiger partial charge is 0.395 e. The third-order valence-corrected chi connectivity index (χ3v) is 4.79. The molecular formula is C19H24N2O2. The number of nitrogens with zero attached hydrogens (tertiary/aromatic N) is 2. The van der Waals surface area contributed by atoms with Crippen molar-refractivity contribution in [1.82, 2.24) is 9.88 Å². The summed E-state index contributed by atoms with van der Waals surface area (Å²) < 4.78 is 0. The molecule has 4 heteroatoms. The van der Waals surface area contributed by atoms with E-state index in [1.807, 2.05) is 37.3 Å². The molecule has 2 heterocycles. The fourth-order valence-electron chi connectivity index (χ4n) is 3.57. The molecule has 1 saturated heterocycles. The van der Waals surface area contributed by atoms with Crippen molar-refractivity contribution in [2.24, 2.45) is 0 Å². The van der Waals surface area contributed by atoms with Crippen molar-refractivity contribution in [2.45, 2.75) is 38.5 Å². The Balaban J connectivity index is 1.83. The number of aliphatic hydroxyl groups excluding tert-OH is 2. The molecule has 3 atom stereocenters. The highest BCUT2D eigenvalue weighted by molar-refractivity contribution is 5.32. The van der Waals surface area contributed by atoms with Crippen LogP contribution < -0.4 is 0 Å². The first-order chi connectivity index (χ1) is 11.1. The number of aromatic nitrogens is 1. The maximum atomic E-state index is 10.7. The lowest BCUT2D eigenvalue weighted by Gasteiger charge is -2.23. The van der Waals surface area contributed by atoms with Crippen LogP contribution in [0.25, 0.3) is 0 Å². The maximum Gasteiger partial charge on any atom is 0.0798 e. The highest BCUT2D eigenvalue weighted by atomic mass is 16.3. The third-order valence-electron chi connectivity index (χ3n) is 4.79. The van der Waals surface area contributed by atoms with Crippen molar-refractivity contribution >= 4 is 0 Å². The SMILES string of the molecule is Cc1cccc(CN2C[C@H](c3ccccc3C)[C@@H](O)[C@H]2CO)n1. The highest BCUT2D eigenvalue weighted by Crippen LogP contribution is 2.34. The summed E-state index contributed by atoms with van der Waals surface area (Å²) in [4.78, 5) is 6.68. The van der Waals surface area contributed by atoms with E-state index in [1.165, 1.54) is 5.56 Å². The Bertz CT molecular complexity index is 674. The number of hydrogen-bond acceptors (Lipinski definition) is 4. The van der Waals surface area contributed by atoms with Crippen LogP contribution in [0.3, 0.4) is 0 Å². The van der Waals surface area contributed by atoms with Gasteiger partial charge in [0.15, 0.2) is 0 Å². The van der Waals surface area contributed by atoms with E-state index in [1.54, 1.807) is 0 Å². The molecule has 1 aromatic heterocycles. The van der Waals surface area contributed by atoms with Crippen molar-refractivity contribution in [3.8, 4) is 0 Å². The van der Waals surface area contributed by atoms with E-state index in [4.69, 9.17) is 0 Å². The van der Waals surface area contributed by atoms with Gasteiger partial charge in [-0.1, -0.05) is 30.3 Å². The van der Waals surface area contributed by atoms with Gasteiger partial charge in [0.25, 0.3) is 0 Å². The van der Waals surface area contributed by atoms with Gasteiger partial charge in [0, 0.05) is 24.7 Å². The molecular weight excluding hydrogens is 288 g/mol. The Morgan fingerprint density at radius 3 is 2.61 bits per heavy atom. The number of hydrogen-bond donors (Lipinski definition) is 2. The van der Waals surface area contributed by atoms with E-state index < -0.39 is 6.10 Å². The first-order valence-electron chi connectivity index (χ1n) is 8.11. The number of aliphatic hydroxyl groups is 2. The molecule has 1 aliphatic rings. The van der Waals surface area contributed by atoms with Gasteiger partial charge in [-0.25, -0.2) is 0 Å². The Hall–Kier alpha value is -1.75. The molecule has 0 unspecified atom stereocenters. The molecule has 23 heavy (non-hydrogen) atoms. The van der Waals surface area contributed by atoms with Crippen LogP contribution in [0.15, 0.2) is 42.5 Å². The van der Waals surface area contributed by atoms with Crippen molar-refractivity contribution in [3.05, 3.63) is 65.0 Å². The summed E-state index contributed by atoms with van der Waals surface area (Å²) in [5.41, 5.74) is 4.31. The second-order valence-electron chi connectivity index (χ2n) is 6.40. The zero-order valence-electron chi connectivity index (χ0n) is 13.7. The normalized spacial score (nSPS) is 25.0. The standard InChI is InChI=1S/C19H24N2O2/c1-13-6-3-4-9-16(13)17-11-21(18(12-22)19(17)23)10-15-8-5-7-14(2)20-15/h3-9,17-19,22-23H,10-12H2,1-2H3/t17-,18-,19-/m1/s1. The van der Waals surface area contributed by atoms with Crippen molar-refractivity contribution in [3.63, 3.8) is 0 Å². The first kappa shape index (κ1) is 16.1. The molecule has 1 fully saturated rings. The molecule has 0 aliphatic carbocycles. The summed E-state index contributed by atoms with van der Waals surface area (Å²) in [7, 11) is 0. The Morgan fingerprint density at radius 1 is 1.13 bits per heavy atom. The van der Waals surface area contributed by atoms with Crippen molar-refractivity contribution in [2.75, 3.05) is 13.2 Å². The van der Waals surface area contributed by atoms with Gasteiger partial charge in [0.1, 0.15) is 0 Å². The van der Waals surface area contributed by atoms with Crippen LogP contribution in [0.1, 0.15) is 28.4 Å². The molecule has 1 aliphatic heterocycles. The minimum Gasteiger partial charge on any atom is -0.395 e. The monoisotopic (exact) mass is 312 g/mol. The Labute approximate surface area is 137 Å². The number of likely N-dealkylation sites (tertiary alicyclic amines) is 1. The summed E-state index contributed by atoms with van der Waals surface area (Å²) in [6.45, 7) is 5.37. The van der Waals surface area contributed by atoms with Crippen LogP contribution in [0, 0.1) is 13.8 Å². The zero-order chi connectivity index (χ0) is 16.4. The summed E-state index contributed by atoms with van der Waals surface area (Å²) in [6, 6.07) is 13.9. The first-order valence-corrected chi connectivity index (χ1v) is 8.11. The molecule has 0 amide bonds. The molecule has 0 bridgehead atoms. The summed E-state index contributed by atoms with van der Waals surface area (Å²) in [5, 5.41) is 20.5. The van der Waals surface area contributed by atoms with E-state index >= 15 is 0 Å². The molecule has 0 radical (unpaired) electrons. The molecule has 0 spiro atoms. The Morgan fingerprint density at radius 2 is 1.91 bits per heavy atom. The average molecular weight is 312 g/mol. The zero-order valence-corrected chi connectivity index (χ0v) is 13.7. The van der Waals surface area contributed by atoms with Crippen molar-refractivity contribution < 1.29 is 10.2 Å². The van der Waals surface area contributed by atoms with Crippen LogP contribution in [-0.4, -0.2) is 45.4 Å². The van der Waals surface area contributed by atoms with E-state index in [2.05, 4.69) is 28.9 Å². The number of benzene rings is 1. The molecule has 0 saturated carbocycles. The fraction of sp³-hybridized carbons (Fsp3) is 0.421. The highest BCUT2D eigenvalue weighted by Gasteiger charge is 2.41. The van der Waals surface area contributed by atoms with Crippen molar-refractivity contribution in [1.29, 1.82) is 0 Å². The number of rotatable bonds is 4. The van der Waals surface area contributed by atoms with E-state index in [9.17, 15) is 10.2 Å². The van der Waals surface area contributed by atoms with Gasteiger partial charge in [-0.3, -0.25) is 9.88 Å². The molecule has 2 aromatic rings. The van der Waals surface area contributed by atoms with Crippen LogP contribution in [-0.2, 0) is 6.54 Å². The van der Waals surface area contributed by atoms with Gasteiger partial charge in [-0.2, -0.15) is 0 Å². The van der Waals surface area contributed by atoms with E-state index in [0.717, 1.165) is 23.5 Å². The quantitative estimate of drug-likeness (QED) is 0.907. The smallest absolute Gasteiger partial charge is 0.0798 e. The van der Waals surface area contributed by atoms with E-state index in [-0.39, 0.29) is 18.6 Å². The molecule has 3 rings (SSSR count). The van der Waals surface area contributed by atoms with Crippen LogP contribution in [0.5, 0.6) is 0 Å². The van der Waals surface area contributed by atoms with Gasteiger partial charge < -0.3 is 10.2 Å². The predicted molar refractivity (Wildman–Crippen MR) is 90.2 cm³/mol. The third kappa shape index (κ3) is 3.29. The summed E-state index contributed by atoms with van der Waals surface area (Å²) in [6.07, 6.45) is -0.564. The van der Waals surface area contributed by atoms with Gasteiger partial charge in [0.2, 0.25) is 0 Å². The molecule has 1 aromatic carbocycles. The lowest BCUT2D eigenvalue weighted by molar-refractivity contribution is 0.0636. The predicted octanol–water partition coefficient (Wildman–Crippen LogP) is 2.02. The van der Waals surface area contributed by atoms with Gasteiger partial charge in [-0.05, 0) is 37.1 Å². The minimum atomic E-state index is -0.564. The van der Waals surface area contributed by atoms with Gasteiger partial charge in [-0.15, -0.1) is 0 Å². The average Bonchev–Trinajstić information content (AvgIpc) is 2.83. The molecule has 122 valence electrons. The maximum absolute atomic E-state index is 10.7. The minimum absolute atomic E-state index is 0.0261. The lowest BCUT2D eigenvalue weighted by atomic mass is 9.90. The number of pyridine rings is 1. The van der Waals surface area contributed by atoms with Gasteiger partial charge >= 0.3 is 0 Å². The second-order valence-corrected chi connectivity index (χ2v) is 6.40. The molecule has 2 N–H and O–H groups in total. The van der Waals surface area contributed by atoms with Gasteiger partial charge in [0.05, 0.1) is 24.4 Å². The summed E-state index contributed by atoms with van der Waals surface area (Å²) >= 11 is 0. The van der Waals surface area contributed by atoms with Crippen LogP contribution in [0.4, 0.5) is 0 Å². The summed E-state index contributed by atoms with van der Waals surface area (Å²) in [5.74, 6) is 0.0261. The lowest BCUT2D eigenvalue weighted by Crippen LogP contribution is -2.38. The van der Waals surface area contributed by atoms with Crippen LogP contribution in [0.2, 0.25) is 0 Å². The number of aryl methyl sites for hydroxylation is 2. The van der Waals surface area contributed by atoms with Crippen LogP contribution >= 0.6 is 0 Å². The van der Waals surface area contributed by atoms with E-state index in [0.29, 0.717) is 6.54 Å². The second kappa shape index (κ2) is 6.79. The Kier molecular flexibility index (Phi) is 4.76. The molecule has 4 nitrogen and oxygen atoms in total. The fourth-order valence-corrected chi connectivity index (χ4v) is 3.57. The topological polar surface area (TPSA) is 56.6 Å².